The molecule has 0 atom stereocenters. The lowest BCUT2D eigenvalue weighted by atomic mass is 10.0. The molecule has 5 rings (SSSR count). The standard InChI is InChI=1S/C23H15BrN2O3/c1-27-15-8-6-14(7-9-15)16-12-18-19(13-17(16)24)26-23(21-5-3-11-29-21)22(25-18)20-4-2-10-28-20/h2-13H,1H3. The first-order valence-corrected chi connectivity index (χ1v) is 9.76. The lowest BCUT2D eigenvalue weighted by Crippen LogP contribution is -1.95. The zero-order chi connectivity index (χ0) is 19.8. The molecule has 5 aromatic rings. The molecule has 0 N–H and O–H groups in total. The van der Waals surface area contributed by atoms with E-state index in [9.17, 15) is 0 Å². The van der Waals surface area contributed by atoms with Crippen LogP contribution in [0.3, 0.4) is 0 Å². The third-order valence-corrected chi connectivity index (χ3v) is 5.32. The highest BCUT2D eigenvalue weighted by molar-refractivity contribution is 9.10. The third-order valence-electron chi connectivity index (χ3n) is 4.66. The summed E-state index contributed by atoms with van der Waals surface area (Å²) in [7, 11) is 1.66. The predicted molar refractivity (Wildman–Crippen MR) is 115 cm³/mol. The topological polar surface area (TPSA) is 61.3 Å². The van der Waals surface area contributed by atoms with Crippen LogP contribution in [0.15, 0.2) is 86.5 Å². The number of methoxy groups -OCH3 is 1. The Balaban J connectivity index is 1.72. The molecule has 0 amide bonds. The van der Waals surface area contributed by atoms with Gasteiger partial charge in [-0.2, -0.15) is 0 Å². The van der Waals surface area contributed by atoms with Gasteiger partial charge in [-0.15, -0.1) is 0 Å². The second-order valence-electron chi connectivity index (χ2n) is 6.42. The molecule has 0 aliphatic rings. The number of halogens is 1. The van der Waals surface area contributed by atoms with Crippen molar-refractivity contribution in [3.63, 3.8) is 0 Å². The highest BCUT2D eigenvalue weighted by Gasteiger charge is 2.18. The van der Waals surface area contributed by atoms with Crippen LogP contribution in [0.2, 0.25) is 0 Å². The van der Waals surface area contributed by atoms with Crippen molar-refractivity contribution < 1.29 is 13.6 Å². The maximum atomic E-state index is 5.60. The Kier molecular flexibility index (Phi) is 4.41. The Morgan fingerprint density at radius 1 is 0.793 bits per heavy atom. The first-order chi connectivity index (χ1) is 14.2. The van der Waals surface area contributed by atoms with Gasteiger partial charge in [-0.25, -0.2) is 9.97 Å². The lowest BCUT2D eigenvalue weighted by molar-refractivity contribution is 0.415. The molecule has 0 aliphatic carbocycles. The fourth-order valence-electron chi connectivity index (χ4n) is 3.24. The fourth-order valence-corrected chi connectivity index (χ4v) is 3.80. The molecule has 5 nitrogen and oxygen atoms in total. The predicted octanol–water partition coefficient (Wildman–Crippen LogP) is 6.59. The molecule has 0 radical (unpaired) electrons. The van der Waals surface area contributed by atoms with E-state index >= 15 is 0 Å². The van der Waals surface area contributed by atoms with Crippen LogP contribution >= 0.6 is 15.9 Å². The number of ether oxygens (including phenoxy) is 1. The molecule has 0 spiro atoms. The summed E-state index contributed by atoms with van der Waals surface area (Å²) in [5, 5.41) is 0. The van der Waals surface area contributed by atoms with Crippen molar-refractivity contribution in [1.29, 1.82) is 0 Å². The van der Waals surface area contributed by atoms with E-state index < -0.39 is 0 Å². The average Bonchev–Trinajstić information content (AvgIpc) is 3.47. The summed E-state index contributed by atoms with van der Waals surface area (Å²) in [4.78, 5) is 9.70. The first kappa shape index (κ1) is 17.7. The van der Waals surface area contributed by atoms with E-state index in [1.807, 2.05) is 60.7 Å². The molecule has 0 aliphatic heterocycles. The molecule has 3 heterocycles. The molecule has 0 fully saturated rings. The lowest BCUT2D eigenvalue weighted by Gasteiger charge is -2.10. The Morgan fingerprint density at radius 3 is 1.90 bits per heavy atom. The molecule has 0 bridgehead atoms. The van der Waals surface area contributed by atoms with Crippen LogP contribution in [-0.4, -0.2) is 17.1 Å². The van der Waals surface area contributed by atoms with Gasteiger partial charge in [0.1, 0.15) is 17.1 Å². The highest BCUT2D eigenvalue weighted by Crippen LogP contribution is 2.36. The van der Waals surface area contributed by atoms with Crippen LogP contribution in [0.5, 0.6) is 5.75 Å². The van der Waals surface area contributed by atoms with Crippen LogP contribution < -0.4 is 4.74 Å². The third kappa shape index (κ3) is 3.21. The average molecular weight is 447 g/mol. The fraction of sp³-hybridized carbons (Fsp3) is 0.0435. The maximum Gasteiger partial charge on any atom is 0.154 e. The maximum absolute atomic E-state index is 5.60. The summed E-state index contributed by atoms with van der Waals surface area (Å²) in [5.41, 5.74) is 4.88. The summed E-state index contributed by atoms with van der Waals surface area (Å²) in [5.74, 6) is 2.09. The number of aromatic nitrogens is 2. The summed E-state index contributed by atoms with van der Waals surface area (Å²) in [6.45, 7) is 0. The number of furan rings is 2. The Labute approximate surface area is 175 Å². The molecular weight excluding hydrogens is 432 g/mol. The SMILES string of the molecule is COc1ccc(-c2cc3nc(-c4ccco4)c(-c4ccco4)nc3cc2Br)cc1. The minimum atomic E-state index is 0.639. The molecule has 0 saturated heterocycles. The number of hydrogen-bond donors (Lipinski definition) is 0. The summed E-state index contributed by atoms with van der Waals surface area (Å²) < 4.78 is 17.4. The van der Waals surface area contributed by atoms with Crippen molar-refractivity contribution in [2.45, 2.75) is 0 Å². The van der Waals surface area contributed by atoms with Gasteiger partial charge >= 0.3 is 0 Å². The molecule has 142 valence electrons. The minimum Gasteiger partial charge on any atom is -0.497 e. The van der Waals surface area contributed by atoms with Gasteiger partial charge < -0.3 is 13.6 Å². The van der Waals surface area contributed by atoms with Crippen LogP contribution in [0.1, 0.15) is 0 Å². The normalized spacial score (nSPS) is 11.1. The van der Waals surface area contributed by atoms with Gasteiger partial charge in [-0.1, -0.05) is 28.1 Å². The van der Waals surface area contributed by atoms with E-state index in [-0.39, 0.29) is 0 Å². The van der Waals surface area contributed by atoms with Gasteiger partial charge in [0.2, 0.25) is 0 Å². The second kappa shape index (κ2) is 7.22. The quantitative estimate of drug-likeness (QED) is 0.311. The first-order valence-electron chi connectivity index (χ1n) is 8.96. The number of fused-ring (bicyclic) bond motifs is 1. The van der Waals surface area contributed by atoms with E-state index in [1.54, 1.807) is 19.6 Å². The minimum absolute atomic E-state index is 0.639. The second-order valence-corrected chi connectivity index (χ2v) is 7.28. The van der Waals surface area contributed by atoms with Crippen LogP contribution in [0, 0.1) is 0 Å². The number of nitrogens with zero attached hydrogens (tertiary/aromatic N) is 2. The number of rotatable bonds is 4. The van der Waals surface area contributed by atoms with Crippen LogP contribution in [0.4, 0.5) is 0 Å². The summed E-state index contributed by atoms with van der Waals surface area (Å²) >= 11 is 3.68. The Hall–Kier alpha value is -3.38. The number of hydrogen-bond acceptors (Lipinski definition) is 5. The number of benzene rings is 2. The van der Waals surface area contributed by atoms with E-state index in [4.69, 9.17) is 23.5 Å². The van der Waals surface area contributed by atoms with Crippen molar-refractivity contribution in [3.8, 4) is 39.8 Å². The molecule has 2 aromatic carbocycles. The smallest absolute Gasteiger partial charge is 0.154 e. The zero-order valence-electron chi connectivity index (χ0n) is 15.4. The summed E-state index contributed by atoms with van der Waals surface area (Å²) in [6.07, 6.45) is 3.24. The zero-order valence-corrected chi connectivity index (χ0v) is 17.0. The molecular formula is C23H15BrN2O3. The highest BCUT2D eigenvalue weighted by atomic mass is 79.9. The van der Waals surface area contributed by atoms with Crippen molar-refractivity contribution in [2.24, 2.45) is 0 Å². The van der Waals surface area contributed by atoms with Gasteiger partial charge in [-0.05, 0) is 59.7 Å². The van der Waals surface area contributed by atoms with Gasteiger partial charge in [0.05, 0.1) is 30.7 Å². The van der Waals surface area contributed by atoms with Crippen molar-refractivity contribution in [1.82, 2.24) is 9.97 Å². The van der Waals surface area contributed by atoms with E-state index in [0.717, 1.165) is 32.4 Å². The van der Waals surface area contributed by atoms with Gasteiger partial charge in [0, 0.05) is 4.47 Å². The van der Waals surface area contributed by atoms with E-state index in [1.165, 1.54) is 0 Å². The Morgan fingerprint density at radius 2 is 1.38 bits per heavy atom. The molecule has 29 heavy (non-hydrogen) atoms. The Bertz CT molecular complexity index is 1280. The molecule has 6 heteroatoms. The van der Waals surface area contributed by atoms with Gasteiger partial charge in [0.15, 0.2) is 11.5 Å². The monoisotopic (exact) mass is 446 g/mol. The van der Waals surface area contributed by atoms with E-state index in [2.05, 4.69) is 15.9 Å². The van der Waals surface area contributed by atoms with Gasteiger partial charge in [0.25, 0.3) is 0 Å². The largest absolute Gasteiger partial charge is 0.497 e. The summed E-state index contributed by atoms with van der Waals surface area (Å²) in [6, 6.07) is 19.3. The molecule has 0 unspecified atom stereocenters. The van der Waals surface area contributed by atoms with Crippen LogP contribution in [-0.2, 0) is 0 Å². The van der Waals surface area contributed by atoms with E-state index in [0.29, 0.717) is 22.9 Å². The van der Waals surface area contributed by atoms with Crippen molar-refractivity contribution in [2.75, 3.05) is 7.11 Å². The molecule has 3 aromatic heterocycles. The van der Waals surface area contributed by atoms with Gasteiger partial charge in [-0.3, -0.25) is 0 Å². The van der Waals surface area contributed by atoms with Crippen LogP contribution in [0.25, 0.3) is 45.1 Å². The van der Waals surface area contributed by atoms with Crippen molar-refractivity contribution >= 4 is 27.0 Å². The molecule has 0 saturated carbocycles. The van der Waals surface area contributed by atoms with Crippen molar-refractivity contribution in [3.05, 3.63) is 77.7 Å².